The minimum atomic E-state index is -0.400. The molecule has 6 nitrogen and oxygen atoms in total. The molecule has 18 heavy (non-hydrogen) atoms. The predicted molar refractivity (Wildman–Crippen MR) is 69.8 cm³/mol. The fourth-order valence-electron chi connectivity index (χ4n) is 1.45. The smallest absolute Gasteiger partial charge is 0.323 e. The second-order valence-electron chi connectivity index (χ2n) is 4.71. The number of aromatic nitrogens is 2. The van der Waals surface area contributed by atoms with E-state index in [0.29, 0.717) is 24.0 Å². The number of hydrogen-bond acceptors (Lipinski definition) is 5. The fraction of sp³-hybridized carbons (Fsp3) is 0.727. The lowest BCUT2D eigenvalue weighted by Gasteiger charge is -2.17. The Labute approximate surface area is 110 Å². The first-order valence-electron chi connectivity index (χ1n) is 6.10. The second kappa shape index (κ2) is 5.62. The van der Waals surface area contributed by atoms with Gasteiger partial charge in [0.25, 0.3) is 0 Å². The molecular weight excluding hydrogens is 252 g/mol. The van der Waals surface area contributed by atoms with Crippen molar-refractivity contribution >= 4 is 22.5 Å². The number of carbonyl (C=O) groups is 1. The van der Waals surface area contributed by atoms with Gasteiger partial charge in [-0.1, -0.05) is 11.3 Å². The lowest BCUT2D eigenvalue weighted by molar-refractivity contribution is 0.167. The summed E-state index contributed by atoms with van der Waals surface area (Å²) < 4.78 is 0. The van der Waals surface area contributed by atoms with Gasteiger partial charge in [-0.25, -0.2) is 4.79 Å². The number of anilines is 1. The van der Waals surface area contributed by atoms with Gasteiger partial charge in [0.15, 0.2) is 0 Å². The van der Waals surface area contributed by atoms with E-state index in [9.17, 15) is 4.79 Å². The van der Waals surface area contributed by atoms with Crippen LogP contribution in [0, 0.1) is 0 Å². The molecule has 1 aromatic heterocycles. The summed E-state index contributed by atoms with van der Waals surface area (Å²) in [5, 5.41) is 21.5. The number of nitrogens with zero attached hydrogens (tertiary/aromatic N) is 3. The topological polar surface area (TPSA) is 78.4 Å². The molecule has 1 fully saturated rings. The van der Waals surface area contributed by atoms with Crippen molar-refractivity contribution in [1.82, 2.24) is 15.1 Å². The minimum absolute atomic E-state index is 0.214. The lowest BCUT2D eigenvalue weighted by Crippen LogP contribution is -2.33. The Morgan fingerprint density at radius 2 is 2.33 bits per heavy atom. The third kappa shape index (κ3) is 3.64. The van der Waals surface area contributed by atoms with E-state index in [1.165, 1.54) is 29.1 Å². The van der Waals surface area contributed by atoms with E-state index in [0.717, 1.165) is 5.01 Å². The average Bonchev–Trinajstić information content (AvgIpc) is 3.07. The second-order valence-corrected chi connectivity index (χ2v) is 5.72. The fourth-order valence-corrected chi connectivity index (χ4v) is 2.35. The average molecular weight is 270 g/mol. The SMILES string of the molecule is CC(O)CCN(C)C(=O)Nc1nnc(C2CC2)s1. The van der Waals surface area contributed by atoms with Crippen molar-refractivity contribution in [2.45, 2.75) is 38.2 Å². The monoisotopic (exact) mass is 270 g/mol. The van der Waals surface area contributed by atoms with Gasteiger partial charge in [-0.2, -0.15) is 0 Å². The highest BCUT2D eigenvalue weighted by Gasteiger charge is 2.27. The van der Waals surface area contributed by atoms with E-state index >= 15 is 0 Å². The number of aliphatic hydroxyl groups is 1. The first-order valence-corrected chi connectivity index (χ1v) is 6.91. The number of aliphatic hydroxyl groups excluding tert-OH is 1. The van der Waals surface area contributed by atoms with Crippen LogP contribution in [0.4, 0.5) is 9.93 Å². The Balaban J connectivity index is 1.81. The largest absolute Gasteiger partial charge is 0.393 e. The summed E-state index contributed by atoms with van der Waals surface area (Å²) in [6.07, 6.45) is 2.52. The summed E-state index contributed by atoms with van der Waals surface area (Å²) >= 11 is 1.44. The molecule has 2 rings (SSSR count). The lowest BCUT2D eigenvalue weighted by atomic mass is 10.3. The number of nitrogens with one attached hydrogen (secondary N) is 1. The highest BCUT2D eigenvalue weighted by molar-refractivity contribution is 7.15. The van der Waals surface area contributed by atoms with Crippen LogP contribution in [0.3, 0.4) is 0 Å². The highest BCUT2D eigenvalue weighted by atomic mass is 32.1. The molecule has 0 saturated heterocycles. The standard InChI is InChI=1S/C11H18N4O2S/c1-7(16)5-6-15(2)11(17)12-10-14-13-9(18-10)8-3-4-8/h7-8,16H,3-6H2,1-2H3,(H,12,14,17). The zero-order chi connectivity index (χ0) is 13.1. The molecule has 0 spiro atoms. The Hall–Kier alpha value is -1.21. The predicted octanol–water partition coefficient (Wildman–Crippen LogP) is 1.65. The van der Waals surface area contributed by atoms with Gasteiger partial charge in [-0.15, -0.1) is 10.2 Å². The molecule has 1 unspecified atom stereocenters. The maximum Gasteiger partial charge on any atom is 0.323 e. The van der Waals surface area contributed by atoms with E-state index in [4.69, 9.17) is 5.11 Å². The number of rotatable bonds is 5. The summed E-state index contributed by atoms with van der Waals surface area (Å²) in [4.78, 5) is 13.3. The van der Waals surface area contributed by atoms with Crippen molar-refractivity contribution in [2.24, 2.45) is 0 Å². The molecule has 1 heterocycles. The van der Waals surface area contributed by atoms with Crippen LogP contribution < -0.4 is 5.32 Å². The van der Waals surface area contributed by atoms with Gasteiger partial charge in [-0.05, 0) is 26.2 Å². The Kier molecular flexibility index (Phi) is 4.13. The van der Waals surface area contributed by atoms with Crippen molar-refractivity contribution in [3.05, 3.63) is 5.01 Å². The normalized spacial score (nSPS) is 16.4. The summed E-state index contributed by atoms with van der Waals surface area (Å²) in [5.74, 6) is 0.557. The van der Waals surface area contributed by atoms with Crippen LogP contribution in [0.2, 0.25) is 0 Å². The maximum atomic E-state index is 11.8. The molecule has 0 aromatic carbocycles. The first kappa shape index (κ1) is 13.2. The molecule has 1 saturated carbocycles. The van der Waals surface area contributed by atoms with Crippen LogP contribution in [0.15, 0.2) is 0 Å². The zero-order valence-electron chi connectivity index (χ0n) is 10.6. The molecule has 7 heteroatoms. The van der Waals surface area contributed by atoms with Crippen LogP contribution in [-0.2, 0) is 0 Å². The zero-order valence-corrected chi connectivity index (χ0v) is 11.4. The van der Waals surface area contributed by atoms with E-state index < -0.39 is 6.10 Å². The molecule has 100 valence electrons. The highest BCUT2D eigenvalue weighted by Crippen LogP contribution is 2.42. The van der Waals surface area contributed by atoms with Crippen molar-refractivity contribution in [2.75, 3.05) is 18.9 Å². The molecule has 1 aromatic rings. The number of hydrogen-bond donors (Lipinski definition) is 2. The Bertz CT molecular complexity index is 417. The molecule has 2 N–H and O–H groups in total. The van der Waals surface area contributed by atoms with Gasteiger partial charge in [0.1, 0.15) is 5.01 Å². The summed E-state index contributed by atoms with van der Waals surface area (Å²) in [7, 11) is 1.69. The van der Waals surface area contributed by atoms with Crippen molar-refractivity contribution < 1.29 is 9.90 Å². The molecule has 2 amide bonds. The van der Waals surface area contributed by atoms with E-state index in [-0.39, 0.29) is 6.03 Å². The number of urea groups is 1. The minimum Gasteiger partial charge on any atom is -0.393 e. The number of amides is 2. The molecule has 1 aliphatic carbocycles. The van der Waals surface area contributed by atoms with Crippen LogP contribution in [0.25, 0.3) is 0 Å². The van der Waals surface area contributed by atoms with Crippen molar-refractivity contribution in [3.63, 3.8) is 0 Å². The number of carbonyl (C=O) groups excluding carboxylic acids is 1. The molecule has 0 aliphatic heterocycles. The molecular formula is C11H18N4O2S. The van der Waals surface area contributed by atoms with Gasteiger partial charge in [0, 0.05) is 19.5 Å². The van der Waals surface area contributed by atoms with Gasteiger partial charge in [0.2, 0.25) is 5.13 Å². The summed E-state index contributed by atoms with van der Waals surface area (Å²) in [6.45, 7) is 2.22. The first-order chi connectivity index (χ1) is 8.56. The summed E-state index contributed by atoms with van der Waals surface area (Å²) in [5.41, 5.74) is 0. The van der Waals surface area contributed by atoms with Gasteiger partial charge in [-0.3, -0.25) is 5.32 Å². The van der Waals surface area contributed by atoms with Crippen LogP contribution in [0.1, 0.15) is 37.1 Å². The van der Waals surface area contributed by atoms with E-state index in [1.807, 2.05) is 0 Å². The Morgan fingerprint density at radius 3 is 2.94 bits per heavy atom. The van der Waals surface area contributed by atoms with E-state index in [2.05, 4.69) is 15.5 Å². The van der Waals surface area contributed by atoms with Gasteiger partial charge in [0.05, 0.1) is 6.10 Å². The summed E-state index contributed by atoms with van der Waals surface area (Å²) in [6, 6.07) is -0.214. The molecule has 1 atom stereocenters. The quantitative estimate of drug-likeness (QED) is 0.852. The van der Waals surface area contributed by atoms with Crippen molar-refractivity contribution in [1.29, 1.82) is 0 Å². The molecule has 0 bridgehead atoms. The van der Waals surface area contributed by atoms with Crippen LogP contribution in [0.5, 0.6) is 0 Å². The molecule has 1 aliphatic rings. The van der Waals surface area contributed by atoms with Crippen LogP contribution in [-0.4, -0.2) is 45.9 Å². The third-order valence-corrected chi connectivity index (χ3v) is 3.81. The van der Waals surface area contributed by atoms with Gasteiger partial charge < -0.3 is 10.0 Å². The Morgan fingerprint density at radius 1 is 1.61 bits per heavy atom. The van der Waals surface area contributed by atoms with Crippen molar-refractivity contribution in [3.8, 4) is 0 Å². The van der Waals surface area contributed by atoms with E-state index in [1.54, 1.807) is 14.0 Å². The third-order valence-electron chi connectivity index (χ3n) is 2.81. The van der Waals surface area contributed by atoms with Gasteiger partial charge >= 0.3 is 6.03 Å². The van der Waals surface area contributed by atoms with Crippen LogP contribution >= 0.6 is 11.3 Å². The molecule has 0 radical (unpaired) electrons. The maximum absolute atomic E-state index is 11.8.